The lowest BCUT2D eigenvalue weighted by molar-refractivity contribution is 0.0188. The number of fused-ring (bicyclic) bond motifs is 1. The molecule has 1 saturated heterocycles. The van der Waals surface area contributed by atoms with E-state index in [2.05, 4.69) is 4.98 Å². The highest BCUT2D eigenvalue weighted by molar-refractivity contribution is 5.72. The van der Waals surface area contributed by atoms with E-state index >= 15 is 0 Å². The van der Waals surface area contributed by atoms with Crippen molar-refractivity contribution in [2.45, 2.75) is 65.2 Å². The van der Waals surface area contributed by atoms with Gasteiger partial charge >= 0.3 is 17.2 Å². The fourth-order valence-electron chi connectivity index (χ4n) is 3.59. The summed E-state index contributed by atoms with van der Waals surface area (Å²) < 4.78 is 13.9. The van der Waals surface area contributed by atoms with Gasteiger partial charge in [-0.15, -0.1) is 0 Å². The Morgan fingerprint density at radius 3 is 2.33 bits per heavy atom. The van der Waals surface area contributed by atoms with Crippen molar-refractivity contribution < 1.29 is 14.3 Å². The first-order valence-corrected chi connectivity index (χ1v) is 10.2. The lowest BCUT2D eigenvalue weighted by Gasteiger charge is -2.34. The first-order valence-electron chi connectivity index (χ1n) is 10.2. The predicted molar refractivity (Wildman–Crippen MR) is 113 cm³/mol. The number of carbonyl (C=O) groups excluding carboxylic acids is 1. The minimum absolute atomic E-state index is 0.0697. The lowest BCUT2D eigenvalue weighted by Crippen LogP contribution is -2.46. The zero-order chi connectivity index (χ0) is 22.2. The number of likely N-dealkylation sites (tertiary alicyclic amines) is 1. The number of pyridine rings is 1. The van der Waals surface area contributed by atoms with Gasteiger partial charge in [0.05, 0.1) is 11.6 Å². The predicted octanol–water partition coefficient (Wildman–Crippen LogP) is 2.45. The van der Waals surface area contributed by atoms with Crippen LogP contribution < -0.4 is 15.9 Å². The fourth-order valence-corrected chi connectivity index (χ4v) is 3.59. The van der Waals surface area contributed by atoms with Crippen LogP contribution in [0.4, 0.5) is 4.79 Å². The summed E-state index contributed by atoms with van der Waals surface area (Å²) in [4.78, 5) is 43.9. The molecule has 2 aromatic rings. The standard InChI is InChI=1S/C21H30N4O5/c1-13(2)29-16-8-7-15-17(22-16)25(19(27)18(26)23(15)6)14-9-11-24(12-10-14)20(28)30-21(3,4)5/h7-8,13-14H,9-12H2,1-6H3. The number of piperidine rings is 1. The van der Waals surface area contributed by atoms with Gasteiger partial charge < -0.3 is 18.9 Å². The molecule has 9 nitrogen and oxygen atoms in total. The monoisotopic (exact) mass is 418 g/mol. The average molecular weight is 418 g/mol. The SMILES string of the molecule is CC(C)Oc1ccc2c(n1)n(C1CCN(C(=O)OC(C)(C)C)CC1)c(=O)c(=O)n2C. The number of aryl methyl sites for hydroxylation is 1. The summed E-state index contributed by atoms with van der Waals surface area (Å²) >= 11 is 0. The number of ether oxygens (including phenoxy) is 2. The van der Waals surface area contributed by atoms with Crippen molar-refractivity contribution in [1.82, 2.24) is 19.0 Å². The number of aromatic nitrogens is 3. The molecule has 1 aliphatic heterocycles. The summed E-state index contributed by atoms with van der Waals surface area (Å²) in [6, 6.07) is 3.20. The van der Waals surface area contributed by atoms with E-state index in [1.54, 1.807) is 24.1 Å². The van der Waals surface area contributed by atoms with Crippen LogP contribution in [0.15, 0.2) is 21.7 Å². The molecular formula is C21H30N4O5. The molecule has 0 saturated carbocycles. The number of nitrogens with zero attached hydrogens (tertiary/aromatic N) is 4. The molecule has 0 bridgehead atoms. The van der Waals surface area contributed by atoms with Crippen LogP contribution in [-0.2, 0) is 11.8 Å². The summed E-state index contributed by atoms with van der Waals surface area (Å²) in [6.07, 6.45) is 0.615. The largest absolute Gasteiger partial charge is 0.475 e. The molecule has 3 heterocycles. The Labute approximate surface area is 175 Å². The molecule has 164 valence electrons. The zero-order valence-corrected chi connectivity index (χ0v) is 18.5. The number of carbonyl (C=O) groups is 1. The lowest BCUT2D eigenvalue weighted by atomic mass is 10.0. The number of hydrogen-bond donors (Lipinski definition) is 0. The summed E-state index contributed by atoms with van der Waals surface area (Å²) in [7, 11) is 1.56. The second-order valence-electron chi connectivity index (χ2n) is 8.90. The van der Waals surface area contributed by atoms with Crippen molar-refractivity contribution in [2.24, 2.45) is 7.05 Å². The van der Waals surface area contributed by atoms with E-state index in [4.69, 9.17) is 9.47 Å². The van der Waals surface area contributed by atoms with Crippen molar-refractivity contribution in [3.8, 4) is 5.88 Å². The molecule has 9 heteroatoms. The first-order chi connectivity index (χ1) is 14.0. The van der Waals surface area contributed by atoms with Crippen LogP contribution in [0.5, 0.6) is 5.88 Å². The Balaban J connectivity index is 1.95. The quantitative estimate of drug-likeness (QED) is 0.711. The van der Waals surface area contributed by atoms with Crippen molar-refractivity contribution in [3.05, 3.63) is 32.8 Å². The summed E-state index contributed by atoms with van der Waals surface area (Å²) in [6.45, 7) is 10.1. The third-order valence-electron chi connectivity index (χ3n) is 4.96. The van der Waals surface area contributed by atoms with Crippen LogP contribution in [0, 0.1) is 0 Å². The minimum Gasteiger partial charge on any atom is -0.475 e. The van der Waals surface area contributed by atoms with Gasteiger partial charge in [-0.1, -0.05) is 0 Å². The van der Waals surface area contributed by atoms with E-state index in [9.17, 15) is 14.4 Å². The molecule has 0 aliphatic carbocycles. The highest BCUT2D eigenvalue weighted by Crippen LogP contribution is 2.26. The van der Waals surface area contributed by atoms with Gasteiger partial charge in [-0.25, -0.2) is 4.79 Å². The Hall–Kier alpha value is -2.84. The Bertz CT molecular complexity index is 1060. The van der Waals surface area contributed by atoms with Gasteiger partial charge in [0.2, 0.25) is 5.88 Å². The van der Waals surface area contributed by atoms with Crippen LogP contribution in [-0.4, -0.2) is 49.9 Å². The first kappa shape index (κ1) is 21.9. The Morgan fingerprint density at radius 1 is 1.13 bits per heavy atom. The molecule has 0 aromatic carbocycles. The van der Waals surface area contributed by atoms with Crippen molar-refractivity contribution >= 4 is 17.3 Å². The van der Waals surface area contributed by atoms with E-state index in [0.29, 0.717) is 43.0 Å². The topological polar surface area (TPSA) is 95.7 Å². The third kappa shape index (κ3) is 4.49. The van der Waals surface area contributed by atoms with Gasteiger partial charge in [0, 0.05) is 32.2 Å². The maximum absolute atomic E-state index is 12.9. The highest BCUT2D eigenvalue weighted by Gasteiger charge is 2.29. The maximum Gasteiger partial charge on any atom is 0.410 e. The fraction of sp³-hybridized carbons (Fsp3) is 0.619. The van der Waals surface area contributed by atoms with Gasteiger partial charge in [0.1, 0.15) is 5.60 Å². The van der Waals surface area contributed by atoms with Crippen LogP contribution in [0.3, 0.4) is 0 Å². The summed E-state index contributed by atoms with van der Waals surface area (Å²) in [5, 5.41) is 0. The second-order valence-corrected chi connectivity index (χ2v) is 8.90. The molecule has 0 radical (unpaired) electrons. The number of hydrogen-bond acceptors (Lipinski definition) is 6. The summed E-state index contributed by atoms with van der Waals surface area (Å²) in [5.74, 6) is 0.399. The molecule has 30 heavy (non-hydrogen) atoms. The molecule has 1 amide bonds. The number of rotatable bonds is 3. The zero-order valence-electron chi connectivity index (χ0n) is 18.5. The van der Waals surface area contributed by atoms with Gasteiger partial charge in [-0.3, -0.25) is 14.2 Å². The van der Waals surface area contributed by atoms with Crippen molar-refractivity contribution in [2.75, 3.05) is 13.1 Å². The molecular weight excluding hydrogens is 388 g/mol. The molecule has 0 N–H and O–H groups in total. The van der Waals surface area contributed by atoms with E-state index in [0.717, 1.165) is 0 Å². The molecule has 1 fully saturated rings. The van der Waals surface area contributed by atoms with Crippen LogP contribution in [0.1, 0.15) is 53.5 Å². The molecule has 2 aromatic heterocycles. The van der Waals surface area contributed by atoms with Gasteiger partial charge in [0.25, 0.3) is 0 Å². The van der Waals surface area contributed by atoms with Gasteiger partial charge in [0.15, 0.2) is 5.65 Å². The average Bonchev–Trinajstić information content (AvgIpc) is 2.65. The molecule has 0 spiro atoms. The third-order valence-corrected chi connectivity index (χ3v) is 4.96. The smallest absolute Gasteiger partial charge is 0.410 e. The minimum atomic E-state index is -0.616. The van der Waals surface area contributed by atoms with Gasteiger partial charge in [-0.05, 0) is 53.5 Å². The van der Waals surface area contributed by atoms with E-state index in [1.165, 1.54) is 9.13 Å². The number of amides is 1. The molecule has 3 rings (SSSR count). The van der Waals surface area contributed by atoms with Gasteiger partial charge in [-0.2, -0.15) is 4.98 Å². The van der Waals surface area contributed by atoms with Crippen LogP contribution in [0.2, 0.25) is 0 Å². The molecule has 0 atom stereocenters. The summed E-state index contributed by atoms with van der Waals surface area (Å²) in [5.41, 5.74) is -0.809. The molecule has 1 aliphatic rings. The normalized spacial score (nSPS) is 15.6. The Morgan fingerprint density at radius 2 is 1.77 bits per heavy atom. The Kier molecular flexibility index (Phi) is 5.92. The van der Waals surface area contributed by atoms with E-state index in [1.807, 2.05) is 34.6 Å². The molecule has 0 unspecified atom stereocenters. The second kappa shape index (κ2) is 8.12. The van der Waals surface area contributed by atoms with Crippen molar-refractivity contribution in [3.63, 3.8) is 0 Å². The van der Waals surface area contributed by atoms with Crippen molar-refractivity contribution in [1.29, 1.82) is 0 Å². The highest BCUT2D eigenvalue weighted by atomic mass is 16.6. The van der Waals surface area contributed by atoms with E-state index < -0.39 is 16.7 Å². The van der Waals surface area contributed by atoms with E-state index in [-0.39, 0.29) is 18.2 Å². The van der Waals surface area contributed by atoms with Crippen LogP contribution in [0.25, 0.3) is 11.2 Å². The maximum atomic E-state index is 12.9. The van der Waals surface area contributed by atoms with Crippen LogP contribution >= 0.6 is 0 Å².